The molecule has 86 valence electrons. The average molecular weight is 280 g/mol. The molecule has 6 nitrogen and oxygen atoms in total. The minimum atomic E-state index is -0.669. The quantitative estimate of drug-likeness (QED) is 0.178. The lowest BCUT2D eigenvalue weighted by Gasteiger charge is -2.14. The molecule has 0 saturated heterocycles. The molecule has 0 aliphatic carbocycles. The second-order valence-electron chi connectivity index (χ2n) is 3.18. The van der Waals surface area contributed by atoms with Gasteiger partial charge in [-0.25, -0.2) is 0 Å². The smallest absolute Gasteiger partial charge is 0.322 e. The number of ether oxygens (including phenoxy) is 2. The van der Waals surface area contributed by atoms with E-state index in [0.717, 1.165) is 0 Å². The molecule has 15 heavy (non-hydrogen) atoms. The molecule has 0 aromatic heterocycles. The third kappa shape index (κ3) is 8.23. The van der Waals surface area contributed by atoms with E-state index in [1.165, 1.54) is 0 Å². The van der Waals surface area contributed by atoms with Crippen molar-refractivity contribution in [3.05, 3.63) is 10.4 Å². The summed E-state index contributed by atoms with van der Waals surface area (Å²) in [6.07, 6.45) is 0. The maximum atomic E-state index is 11.2. The van der Waals surface area contributed by atoms with E-state index >= 15 is 0 Å². The fraction of sp³-hybridized carbons (Fsp3) is 0.875. The standard InChI is InChI=1S/C8H14BrN3O3/c1-8(2,9)7(13)15-6-5-14-4-3-11-12-10/h3-6H2,1-2H3. The van der Waals surface area contributed by atoms with Gasteiger partial charge in [0.2, 0.25) is 0 Å². The van der Waals surface area contributed by atoms with Gasteiger partial charge in [-0.05, 0) is 19.4 Å². The summed E-state index contributed by atoms with van der Waals surface area (Å²) >= 11 is 3.18. The first-order valence-electron chi connectivity index (χ1n) is 4.43. The van der Waals surface area contributed by atoms with Gasteiger partial charge in [0.15, 0.2) is 0 Å². The first-order chi connectivity index (χ1) is 6.98. The number of azide groups is 1. The van der Waals surface area contributed by atoms with Crippen molar-refractivity contribution in [3.8, 4) is 0 Å². The summed E-state index contributed by atoms with van der Waals surface area (Å²) in [5.74, 6) is -0.332. The second kappa shape index (κ2) is 7.50. The van der Waals surface area contributed by atoms with E-state index in [-0.39, 0.29) is 19.1 Å². The molecule has 0 saturated carbocycles. The van der Waals surface area contributed by atoms with Crippen molar-refractivity contribution in [1.29, 1.82) is 0 Å². The lowest BCUT2D eigenvalue weighted by molar-refractivity contribution is -0.146. The van der Waals surface area contributed by atoms with Crippen molar-refractivity contribution >= 4 is 21.9 Å². The number of halogens is 1. The predicted molar refractivity (Wildman–Crippen MR) is 58.8 cm³/mol. The highest BCUT2D eigenvalue weighted by atomic mass is 79.9. The van der Waals surface area contributed by atoms with Crippen LogP contribution < -0.4 is 0 Å². The summed E-state index contributed by atoms with van der Waals surface area (Å²) in [5, 5.41) is 3.28. The average Bonchev–Trinajstić information content (AvgIpc) is 2.14. The fourth-order valence-corrected chi connectivity index (χ4v) is 0.732. The Balaban J connectivity index is 3.39. The van der Waals surface area contributed by atoms with E-state index in [1.54, 1.807) is 13.8 Å². The Labute approximate surface area is 96.7 Å². The Hall–Kier alpha value is -0.780. The molecule has 0 aliphatic heterocycles. The number of rotatable bonds is 7. The van der Waals surface area contributed by atoms with Gasteiger partial charge < -0.3 is 9.47 Å². The van der Waals surface area contributed by atoms with E-state index < -0.39 is 4.32 Å². The zero-order valence-corrected chi connectivity index (χ0v) is 10.4. The van der Waals surface area contributed by atoms with Gasteiger partial charge in [0.25, 0.3) is 0 Å². The van der Waals surface area contributed by atoms with Gasteiger partial charge in [0, 0.05) is 11.5 Å². The molecule has 0 bridgehead atoms. The van der Waals surface area contributed by atoms with Gasteiger partial charge >= 0.3 is 5.97 Å². The summed E-state index contributed by atoms with van der Waals surface area (Å²) < 4.78 is 9.27. The highest BCUT2D eigenvalue weighted by Crippen LogP contribution is 2.17. The Morgan fingerprint density at radius 3 is 2.67 bits per heavy atom. The number of carbonyl (C=O) groups is 1. The van der Waals surface area contributed by atoms with Crippen LogP contribution in [0, 0.1) is 0 Å². The van der Waals surface area contributed by atoms with Crippen molar-refractivity contribution in [2.75, 3.05) is 26.4 Å². The molecular formula is C8H14BrN3O3. The summed E-state index contributed by atoms with van der Waals surface area (Å²) in [4.78, 5) is 13.8. The first-order valence-corrected chi connectivity index (χ1v) is 5.22. The van der Waals surface area contributed by atoms with Crippen molar-refractivity contribution < 1.29 is 14.3 Å². The van der Waals surface area contributed by atoms with Crippen LogP contribution in [0.25, 0.3) is 10.4 Å². The number of hydrogen-bond donors (Lipinski definition) is 0. The molecule has 0 radical (unpaired) electrons. The molecule has 7 heteroatoms. The number of esters is 1. The molecule has 0 amide bonds. The van der Waals surface area contributed by atoms with Crippen LogP contribution in [0.1, 0.15) is 13.8 Å². The van der Waals surface area contributed by atoms with Crippen LogP contribution in [0.4, 0.5) is 0 Å². The maximum Gasteiger partial charge on any atom is 0.322 e. The lowest BCUT2D eigenvalue weighted by atomic mass is 10.2. The largest absolute Gasteiger partial charge is 0.462 e. The van der Waals surface area contributed by atoms with E-state index in [0.29, 0.717) is 13.2 Å². The van der Waals surface area contributed by atoms with Crippen LogP contribution in [0.15, 0.2) is 5.11 Å². The Morgan fingerprint density at radius 2 is 2.13 bits per heavy atom. The summed E-state index contributed by atoms with van der Waals surface area (Å²) in [5.41, 5.74) is 7.96. The molecule has 0 aromatic carbocycles. The van der Waals surface area contributed by atoms with Crippen molar-refractivity contribution in [2.45, 2.75) is 18.2 Å². The third-order valence-corrected chi connectivity index (χ3v) is 1.67. The van der Waals surface area contributed by atoms with Crippen molar-refractivity contribution in [1.82, 2.24) is 0 Å². The topological polar surface area (TPSA) is 84.3 Å². The monoisotopic (exact) mass is 279 g/mol. The highest BCUT2D eigenvalue weighted by Gasteiger charge is 2.24. The minimum absolute atomic E-state index is 0.199. The van der Waals surface area contributed by atoms with Crippen LogP contribution in [0.2, 0.25) is 0 Å². The Bertz CT molecular complexity index is 246. The highest BCUT2D eigenvalue weighted by molar-refractivity contribution is 9.10. The third-order valence-electron chi connectivity index (χ3n) is 1.35. The number of carbonyl (C=O) groups excluding carboxylic acids is 1. The number of alkyl halides is 1. The second-order valence-corrected chi connectivity index (χ2v) is 5.16. The van der Waals surface area contributed by atoms with E-state index in [4.69, 9.17) is 15.0 Å². The van der Waals surface area contributed by atoms with Crippen molar-refractivity contribution in [3.63, 3.8) is 0 Å². The summed E-state index contributed by atoms with van der Waals surface area (Å²) in [6.45, 7) is 4.53. The van der Waals surface area contributed by atoms with Crippen LogP contribution in [-0.2, 0) is 14.3 Å². The summed E-state index contributed by atoms with van der Waals surface area (Å²) in [6, 6.07) is 0. The molecule has 0 spiro atoms. The first kappa shape index (κ1) is 14.2. The Kier molecular flexibility index (Phi) is 7.11. The lowest BCUT2D eigenvalue weighted by Crippen LogP contribution is -2.27. The molecule has 0 atom stereocenters. The number of hydrogen-bond acceptors (Lipinski definition) is 4. The van der Waals surface area contributed by atoms with Crippen LogP contribution >= 0.6 is 15.9 Å². The minimum Gasteiger partial charge on any atom is -0.462 e. The molecule has 0 aromatic rings. The van der Waals surface area contributed by atoms with Gasteiger partial charge in [0.05, 0.1) is 13.2 Å². The molecule has 0 rings (SSSR count). The van der Waals surface area contributed by atoms with Gasteiger partial charge in [-0.15, -0.1) is 0 Å². The van der Waals surface area contributed by atoms with E-state index in [2.05, 4.69) is 26.0 Å². The number of nitrogens with zero attached hydrogens (tertiary/aromatic N) is 3. The van der Waals surface area contributed by atoms with Gasteiger partial charge in [0.1, 0.15) is 10.9 Å². The van der Waals surface area contributed by atoms with E-state index in [1.807, 2.05) is 0 Å². The van der Waals surface area contributed by atoms with Crippen molar-refractivity contribution in [2.24, 2.45) is 5.11 Å². The van der Waals surface area contributed by atoms with Crippen LogP contribution in [-0.4, -0.2) is 36.7 Å². The molecule has 0 N–H and O–H groups in total. The van der Waals surface area contributed by atoms with Gasteiger partial charge in [-0.2, -0.15) is 0 Å². The molecule has 0 aliphatic rings. The Morgan fingerprint density at radius 1 is 1.47 bits per heavy atom. The predicted octanol–water partition coefficient (Wildman–Crippen LogP) is 2.03. The fourth-order valence-electron chi connectivity index (χ4n) is 0.617. The normalized spacial score (nSPS) is 10.6. The molecular weight excluding hydrogens is 266 g/mol. The van der Waals surface area contributed by atoms with Crippen LogP contribution in [0.3, 0.4) is 0 Å². The summed E-state index contributed by atoms with van der Waals surface area (Å²) in [7, 11) is 0. The molecule has 0 fully saturated rings. The van der Waals surface area contributed by atoms with Gasteiger partial charge in [-0.1, -0.05) is 21.0 Å². The maximum absolute atomic E-state index is 11.2. The van der Waals surface area contributed by atoms with E-state index in [9.17, 15) is 4.79 Å². The zero-order chi connectivity index (χ0) is 11.7. The zero-order valence-electron chi connectivity index (χ0n) is 8.77. The SMILES string of the molecule is CC(C)(Br)C(=O)OCCOCCN=[N+]=[N-]. The molecule has 0 unspecified atom stereocenters. The van der Waals surface area contributed by atoms with Crippen LogP contribution in [0.5, 0.6) is 0 Å². The van der Waals surface area contributed by atoms with Gasteiger partial charge in [-0.3, -0.25) is 4.79 Å². The molecule has 0 heterocycles.